The number of nitrogens with one attached hydrogen (secondary N) is 1. The van der Waals surface area contributed by atoms with E-state index in [0.29, 0.717) is 28.6 Å². The summed E-state index contributed by atoms with van der Waals surface area (Å²) in [5.41, 5.74) is 4.07. The summed E-state index contributed by atoms with van der Waals surface area (Å²) in [7, 11) is 0. The van der Waals surface area contributed by atoms with Crippen molar-refractivity contribution in [3.63, 3.8) is 0 Å². The molecule has 5 nitrogen and oxygen atoms in total. The monoisotopic (exact) mass is 404 g/mol. The van der Waals surface area contributed by atoms with Crippen LogP contribution in [0.5, 0.6) is 11.5 Å². The highest BCUT2D eigenvalue weighted by Gasteiger charge is 2.19. The number of benzene rings is 2. The molecular formula is C20H18Cl2N2O3. The molecular weight excluding hydrogens is 387 g/mol. The summed E-state index contributed by atoms with van der Waals surface area (Å²) in [6.07, 6.45) is 0.440. The van der Waals surface area contributed by atoms with Crippen molar-refractivity contribution < 1.29 is 14.3 Å². The van der Waals surface area contributed by atoms with Gasteiger partial charge in [-0.15, -0.1) is 12.4 Å². The van der Waals surface area contributed by atoms with Gasteiger partial charge in [0.15, 0.2) is 11.5 Å². The van der Waals surface area contributed by atoms with E-state index in [-0.39, 0.29) is 25.1 Å². The molecule has 1 amide bonds. The number of pyridine rings is 1. The van der Waals surface area contributed by atoms with E-state index in [0.717, 1.165) is 27.7 Å². The quantitative estimate of drug-likeness (QED) is 0.637. The molecule has 0 bridgehead atoms. The smallest absolute Gasteiger partial charge is 0.231 e. The second-order valence-electron chi connectivity index (χ2n) is 6.10. The largest absolute Gasteiger partial charge is 0.454 e. The molecule has 1 aliphatic rings. The highest BCUT2D eigenvalue weighted by atomic mass is 35.5. The number of aromatic nitrogens is 1. The summed E-state index contributed by atoms with van der Waals surface area (Å²) < 4.78 is 10.9. The molecule has 1 aliphatic heterocycles. The lowest BCUT2D eigenvalue weighted by Gasteiger charge is -2.12. The minimum absolute atomic E-state index is 0. The topological polar surface area (TPSA) is 60.5 Å². The lowest BCUT2D eigenvalue weighted by Crippen LogP contribution is -2.09. The molecule has 0 atom stereocenters. The molecule has 1 N–H and O–H groups in total. The molecule has 0 unspecified atom stereocenters. The first-order chi connectivity index (χ1) is 12.6. The number of amides is 1. The van der Waals surface area contributed by atoms with Crippen LogP contribution in [0.25, 0.3) is 22.2 Å². The Bertz CT molecular complexity index is 1020. The summed E-state index contributed by atoms with van der Waals surface area (Å²) in [6, 6.07) is 11.3. The highest BCUT2D eigenvalue weighted by Crippen LogP contribution is 2.40. The summed E-state index contributed by atoms with van der Waals surface area (Å²) in [5, 5.41) is 4.37. The predicted molar refractivity (Wildman–Crippen MR) is 109 cm³/mol. The Morgan fingerprint density at radius 2 is 1.85 bits per heavy atom. The van der Waals surface area contributed by atoms with Crippen molar-refractivity contribution in [3.8, 4) is 22.8 Å². The van der Waals surface area contributed by atoms with Crippen LogP contribution >= 0.6 is 24.0 Å². The number of hydrogen-bond acceptors (Lipinski definition) is 4. The zero-order valence-corrected chi connectivity index (χ0v) is 16.4. The van der Waals surface area contributed by atoms with Crippen LogP contribution in [0.4, 0.5) is 5.69 Å². The first-order valence-corrected chi connectivity index (χ1v) is 8.74. The van der Waals surface area contributed by atoms with Crippen LogP contribution in [-0.2, 0) is 4.79 Å². The van der Waals surface area contributed by atoms with Crippen molar-refractivity contribution in [2.45, 2.75) is 20.3 Å². The molecule has 7 heteroatoms. The summed E-state index contributed by atoms with van der Waals surface area (Å²) in [4.78, 5) is 16.2. The minimum atomic E-state index is -0.0217. The maximum atomic E-state index is 11.5. The third-order valence-corrected chi connectivity index (χ3v) is 4.89. The van der Waals surface area contributed by atoms with E-state index >= 15 is 0 Å². The molecule has 4 rings (SSSR count). The first-order valence-electron chi connectivity index (χ1n) is 8.36. The Balaban J connectivity index is 0.00000210. The van der Waals surface area contributed by atoms with Gasteiger partial charge < -0.3 is 14.8 Å². The number of halogens is 2. The average Bonchev–Trinajstić information content (AvgIpc) is 3.11. The molecule has 2 heterocycles. The number of fused-ring (bicyclic) bond motifs is 2. The molecule has 0 saturated heterocycles. The van der Waals surface area contributed by atoms with Crippen molar-refractivity contribution in [1.82, 2.24) is 4.98 Å². The van der Waals surface area contributed by atoms with E-state index < -0.39 is 0 Å². The average molecular weight is 405 g/mol. The van der Waals surface area contributed by atoms with Crippen molar-refractivity contribution in [2.24, 2.45) is 0 Å². The Morgan fingerprint density at radius 3 is 2.52 bits per heavy atom. The van der Waals surface area contributed by atoms with Gasteiger partial charge in [0.1, 0.15) is 0 Å². The Morgan fingerprint density at radius 1 is 1.19 bits per heavy atom. The number of ether oxygens (including phenoxy) is 2. The normalized spacial score (nSPS) is 12.0. The number of carbonyl (C=O) groups is 1. The van der Waals surface area contributed by atoms with Crippen molar-refractivity contribution >= 4 is 46.5 Å². The molecule has 0 saturated carbocycles. The predicted octanol–water partition coefficient (Wildman–Crippen LogP) is 5.36. The van der Waals surface area contributed by atoms with Gasteiger partial charge in [0.25, 0.3) is 0 Å². The van der Waals surface area contributed by atoms with Gasteiger partial charge in [0.2, 0.25) is 12.7 Å². The first kappa shape index (κ1) is 19.3. The van der Waals surface area contributed by atoms with E-state index in [1.54, 1.807) is 0 Å². The molecule has 1 aromatic heterocycles. The van der Waals surface area contributed by atoms with Crippen LogP contribution in [0.2, 0.25) is 5.02 Å². The maximum absolute atomic E-state index is 11.5. The van der Waals surface area contributed by atoms with Crippen molar-refractivity contribution in [3.05, 3.63) is 47.0 Å². The van der Waals surface area contributed by atoms with Gasteiger partial charge in [-0.05, 0) is 30.7 Å². The van der Waals surface area contributed by atoms with Crippen molar-refractivity contribution in [1.29, 1.82) is 0 Å². The molecule has 0 spiro atoms. The zero-order valence-electron chi connectivity index (χ0n) is 14.8. The number of hydrogen-bond donors (Lipinski definition) is 1. The Kier molecular flexibility index (Phi) is 5.44. The number of rotatable bonds is 3. The summed E-state index contributed by atoms with van der Waals surface area (Å²) in [6.45, 7) is 4.00. The van der Waals surface area contributed by atoms with E-state index in [1.807, 2.05) is 50.2 Å². The van der Waals surface area contributed by atoms with Crippen LogP contribution in [-0.4, -0.2) is 17.7 Å². The lowest BCUT2D eigenvalue weighted by atomic mass is 10.0. The fraction of sp³-hybridized carbons (Fsp3) is 0.200. The third kappa shape index (κ3) is 3.53. The second-order valence-corrected chi connectivity index (χ2v) is 6.48. The van der Waals surface area contributed by atoms with Crippen LogP contribution < -0.4 is 14.8 Å². The second kappa shape index (κ2) is 7.62. The van der Waals surface area contributed by atoms with Gasteiger partial charge in [0.05, 0.1) is 16.2 Å². The van der Waals surface area contributed by atoms with E-state index in [1.165, 1.54) is 0 Å². The summed E-state index contributed by atoms with van der Waals surface area (Å²) >= 11 is 6.60. The number of nitrogens with zero attached hydrogens (tertiary/aromatic N) is 1. The van der Waals surface area contributed by atoms with Crippen LogP contribution in [0.1, 0.15) is 18.9 Å². The number of anilines is 1. The van der Waals surface area contributed by atoms with E-state index in [4.69, 9.17) is 26.1 Å². The molecule has 3 aromatic rings. The molecule has 140 valence electrons. The van der Waals surface area contributed by atoms with Crippen LogP contribution in [0.15, 0.2) is 36.4 Å². The van der Waals surface area contributed by atoms with Gasteiger partial charge in [-0.25, -0.2) is 4.98 Å². The Labute approximate surface area is 168 Å². The fourth-order valence-corrected chi connectivity index (χ4v) is 3.19. The standard InChI is InChI=1S/C20H17ClN2O3.ClH/c1-3-18(24)22-13-6-4-12(5-7-13)20-19(21)11(2)14-8-16-17(26-10-25-16)9-15(14)23-20;/h4-9H,3,10H2,1-2H3,(H,22,24);1H. The highest BCUT2D eigenvalue weighted by molar-refractivity contribution is 6.34. The van der Waals surface area contributed by atoms with Gasteiger partial charge in [-0.2, -0.15) is 0 Å². The van der Waals surface area contributed by atoms with Crippen LogP contribution in [0, 0.1) is 6.92 Å². The maximum Gasteiger partial charge on any atom is 0.231 e. The fourth-order valence-electron chi connectivity index (χ4n) is 2.94. The lowest BCUT2D eigenvalue weighted by molar-refractivity contribution is -0.115. The van der Waals surface area contributed by atoms with Gasteiger partial charge in [0, 0.05) is 29.1 Å². The van der Waals surface area contributed by atoms with Gasteiger partial charge in [-0.1, -0.05) is 30.7 Å². The number of aryl methyl sites for hydroxylation is 1. The zero-order chi connectivity index (χ0) is 18.3. The number of carbonyl (C=O) groups excluding carboxylic acids is 1. The molecule has 0 fully saturated rings. The van der Waals surface area contributed by atoms with Crippen LogP contribution in [0.3, 0.4) is 0 Å². The molecule has 2 aromatic carbocycles. The van der Waals surface area contributed by atoms with Gasteiger partial charge in [-0.3, -0.25) is 4.79 Å². The van der Waals surface area contributed by atoms with Gasteiger partial charge >= 0.3 is 0 Å². The Hall–Kier alpha value is -2.50. The van der Waals surface area contributed by atoms with E-state index in [2.05, 4.69) is 5.32 Å². The molecule has 0 radical (unpaired) electrons. The third-order valence-electron chi connectivity index (χ3n) is 4.43. The minimum Gasteiger partial charge on any atom is -0.454 e. The van der Waals surface area contributed by atoms with Crippen molar-refractivity contribution in [2.75, 3.05) is 12.1 Å². The summed E-state index contributed by atoms with van der Waals surface area (Å²) in [5.74, 6) is 1.38. The SMILES string of the molecule is CCC(=O)Nc1ccc(-c2nc3cc4c(cc3c(C)c2Cl)OCO4)cc1.Cl. The molecule has 0 aliphatic carbocycles. The van der Waals surface area contributed by atoms with E-state index in [9.17, 15) is 4.79 Å². The molecule has 27 heavy (non-hydrogen) atoms.